The first-order chi connectivity index (χ1) is 8.46. The normalized spacial score (nSPS) is 17.1. The number of rotatable bonds is 5. The van der Waals surface area contributed by atoms with Gasteiger partial charge in [-0.05, 0) is 34.8 Å². The molecule has 0 radical (unpaired) electrons. The molecule has 0 N–H and O–H groups in total. The topological polar surface area (TPSA) is 37.4 Å². The van der Waals surface area contributed by atoms with Gasteiger partial charge in [-0.1, -0.05) is 18.0 Å². The van der Waals surface area contributed by atoms with E-state index in [-0.39, 0.29) is 10.3 Å². The maximum atomic E-state index is 12.5. The number of nitrogens with zero attached hydrogens (tertiary/aromatic N) is 1. The van der Waals surface area contributed by atoms with Crippen molar-refractivity contribution in [3.05, 3.63) is 14.9 Å². The van der Waals surface area contributed by atoms with Gasteiger partial charge in [0.1, 0.15) is 4.21 Å². The molecule has 0 aliphatic heterocycles. The third-order valence-electron chi connectivity index (χ3n) is 2.97. The fourth-order valence-corrected chi connectivity index (χ4v) is 6.32. The summed E-state index contributed by atoms with van der Waals surface area (Å²) in [6.07, 6.45) is 2.90. The molecule has 3 nitrogen and oxygen atoms in total. The Kier molecular flexibility index (Phi) is 5.00. The number of hydrogen-bond donors (Lipinski definition) is 0. The number of sulfonamides is 1. The molecular formula is C10H12BrCl2NO2S2. The molecule has 102 valence electrons. The highest BCUT2D eigenvalue weighted by Crippen LogP contribution is 2.38. The second kappa shape index (κ2) is 5.97. The summed E-state index contributed by atoms with van der Waals surface area (Å²) in [7, 11) is -3.47. The molecule has 0 amide bonds. The predicted octanol–water partition coefficient (Wildman–Crippen LogP) is 3.95. The molecule has 1 aromatic rings. The molecule has 1 heterocycles. The highest BCUT2D eigenvalue weighted by atomic mass is 79.9. The van der Waals surface area contributed by atoms with Gasteiger partial charge in [0.2, 0.25) is 0 Å². The van der Waals surface area contributed by atoms with Crippen molar-refractivity contribution in [3.8, 4) is 0 Å². The maximum Gasteiger partial charge on any atom is 0.252 e. The number of thiophene rings is 1. The van der Waals surface area contributed by atoms with E-state index in [0.29, 0.717) is 21.2 Å². The van der Waals surface area contributed by atoms with Crippen molar-refractivity contribution in [1.82, 2.24) is 4.31 Å². The molecule has 8 heteroatoms. The van der Waals surface area contributed by atoms with Gasteiger partial charge in [0.15, 0.2) is 0 Å². The smallest absolute Gasteiger partial charge is 0.206 e. The van der Waals surface area contributed by atoms with Crippen LogP contribution in [0, 0.1) is 0 Å². The van der Waals surface area contributed by atoms with Gasteiger partial charge in [-0.2, -0.15) is 4.31 Å². The average Bonchev–Trinajstić information content (AvgIpc) is 2.57. The van der Waals surface area contributed by atoms with Crippen molar-refractivity contribution in [1.29, 1.82) is 0 Å². The third kappa shape index (κ3) is 2.88. The molecular weight excluding hydrogens is 381 g/mol. The van der Waals surface area contributed by atoms with Crippen LogP contribution < -0.4 is 0 Å². The molecule has 0 aromatic carbocycles. The Bertz CT molecular complexity index is 508. The Balaban J connectivity index is 2.32. The molecule has 1 saturated carbocycles. The fraction of sp³-hybridized carbons (Fsp3) is 0.600. The van der Waals surface area contributed by atoms with E-state index in [1.165, 1.54) is 10.4 Å². The summed E-state index contributed by atoms with van der Waals surface area (Å²) in [4.78, 5) is 0. The van der Waals surface area contributed by atoms with Crippen LogP contribution in [-0.2, 0) is 10.0 Å². The summed E-state index contributed by atoms with van der Waals surface area (Å²) in [6.45, 7) is 0.349. The van der Waals surface area contributed by atoms with Crippen molar-refractivity contribution < 1.29 is 8.42 Å². The van der Waals surface area contributed by atoms with Gasteiger partial charge in [0.05, 0.1) is 8.81 Å². The van der Waals surface area contributed by atoms with Crippen molar-refractivity contribution >= 4 is 60.5 Å². The highest BCUT2D eigenvalue weighted by molar-refractivity contribution is 9.11. The van der Waals surface area contributed by atoms with Crippen molar-refractivity contribution in [2.45, 2.75) is 29.5 Å². The summed E-state index contributed by atoms with van der Waals surface area (Å²) in [6, 6.07) is 1.58. The zero-order valence-electron chi connectivity index (χ0n) is 9.40. The van der Waals surface area contributed by atoms with E-state index in [0.717, 1.165) is 30.6 Å². The lowest BCUT2D eigenvalue weighted by Crippen LogP contribution is -2.44. The molecule has 0 atom stereocenters. The maximum absolute atomic E-state index is 12.5. The second-order valence-electron chi connectivity index (χ2n) is 4.08. The van der Waals surface area contributed by atoms with Gasteiger partial charge in [0.25, 0.3) is 10.0 Å². The quantitative estimate of drug-likeness (QED) is 0.711. The van der Waals surface area contributed by atoms with E-state index >= 15 is 0 Å². The van der Waals surface area contributed by atoms with Gasteiger partial charge in [-0.25, -0.2) is 8.42 Å². The minimum absolute atomic E-state index is 0.0911. The fourth-order valence-electron chi connectivity index (χ4n) is 1.83. The van der Waals surface area contributed by atoms with E-state index in [1.807, 2.05) is 0 Å². The molecule has 0 unspecified atom stereocenters. The van der Waals surface area contributed by atoms with Crippen LogP contribution in [0.3, 0.4) is 0 Å². The molecule has 1 aromatic heterocycles. The Morgan fingerprint density at radius 2 is 2.17 bits per heavy atom. The van der Waals surface area contributed by atoms with Crippen LogP contribution in [0.4, 0.5) is 0 Å². The number of hydrogen-bond acceptors (Lipinski definition) is 3. The van der Waals surface area contributed by atoms with Crippen LogP contribution in [0.25, 0.3) is 0 Å². The zero-order valence-corrected chi connectivity index (χ0v) is 14.1. The summed E-state index contributed by atoms with van der Waals surface area (Å²) >= 11 is 16.0. The highest BCUT2D eigenvalue weighted by Gasteiger charge is 2.35. The molecule has 1 fully saturated rings. The van der Waals surface area contributed by atoms with Gasteiger partial charge >= 0.3 is 0 Å². The molecule has 0 bridgehead atoms. The first kappa shape index (κ1) is 15.1. The lowest BCUT2D eigenvalue weighted by Gasteiger charge is -2.35. The van der Waals surface area contributed by atoms with E-state index in [1.54, 1.807) is 0 Å². The van der Waals surface area contributed by atoms with Crippen LogP contribution in [-0.4, -0.2) is 31.2 Å². The largest absolute Gasteiger partial charge is 0.252 e. The molecule has 1 aliphatic carbocycles. The van der Waals surface area contributed by atoms with Gasteiger partial charge in [-0.15, -0.1) is 22.9 Å². The molecule has 0 saturated heterocycles. The Labute approximate surface area is 129 Å². The number of halogens is 3. The first-order valence-corrected chi connectivity index (χ1v) is 9.45. The molecule has 2 rings (SSSR count). The van der Waals surface area contributed by atoms with Crippen molar-refractivity contribution in [3.63, 3.8) is 0 Å². The van der Waals surface area contributed by atoms with E-state index in [4.69, 9.17) is 23.2 Å². The molecule has 0 spiro atoms. The lowest BCUT2D eigenvalue weighted by atomic mass is 9.93. The monoisotopic (exact) mass is 391 g/mol. The van der Waals surface area contributed by atoms with Gasteiger partial charge < -0.3 is 0 Å². The minimum atomic E-state index is -3.47. The lowest BCUT2D eigenvalue weighted by molar-refractivity contribution is 0.228. The second-order valence-corrected chi connectivity index (χ2v) is 9.35. The van der Waals surface area contributed by atoms with Crippen LogP contribution >= 0.6 is 50.5 Å². The minimum Gasteiger partial charge on any atom is -0.206 e. The molecule has 18 heavy (non-hydrogen) atoms. The van der Waals surface area contributed by atoms with Crippen LogP contribution in [0.15, 0.2) is 14.1 Å². The van der Waals surface area contributed by atoms with Gasteiger partial charge in [0, 0.05) is 18.5 Å². The van der Waals surface area contributed by atoms with Gasteiger partial charge in [-0.3, -0.25) is 0 Å². The summed E-state index contributed by atoms with van der Waals surface area (Å²) < 4.78 is 27.5. The summed E-state index contributed by atoms with van der Waals surface area (Å²) in [5.74, 6) is 0.302. The Hall–Kier alpha value is 0.670. The van der Waals surface area contributed by atoms with E-state index in [9.17, 15) is 8.42 Å². The summed E-state index contributed by atoms with van der Waals surface area (Å²) in [5, 5.41) is 0.429. The average molecular weight is 393 g/mol. The van der Waals surface area contributed by atoms with E-state index < -0.39 is 10.0 Å². The zero-order chi connectivity index (χ0) is 13.3. The summed E-state index contributed by atoms with van der Waals surface area (Å²) in [5.41, 5.74) is 0. The third-order valence-corrected chi connectivity index (χ3v) is 8.02. The van der Waals surface area contributed by atoms with Crippen LogP contribution in [0.1, 0.15) is 19.3 Å². The van der Waals surface area contributed by atoms with E-state index in [2.05, 4.69) is 15.9 Å². The standard InChI is InChI=1S/C10H12BrCl2NO2S2/c11-10-8(13)6-9(17-10)18(15,16)14(5-4-12)7-2-1-3-7/h6-7H,1-5H2. The predicted molar refractivity (Wildman–Crippen MR) is 79.3 cm³/mol. The SMILES string of the molecule is O=S(=O)(c1cc(Cl)c(Br)s1)N(CCCl)C1CCC1. The Morgan fingerprint density at radius 1 is 1.50 bits per heavy atom. The number of alkyl halides is 1. The Morgan fingerprint density at radius 3 is 2.56 bits per heavy atom. The first-order valence-electron chi connectivity index (χ1n) is 5.49. The molecule has 1 aliphatic rings. The van der Waals surface area contributed by atoms with Crippen molar-refractivity contribution in [2.24, 2.45) is 0 Å². The van der Waals surface area contributed by atoms with Crippen LogP contribution in [0.5, 0.6) is 0 Å². The van der Waals surface area contributed by atoms with Crippen molar-refractivity contribution in [2.75, 3.05) is 12.4 Å². The van der Waals surface area contributed by atoms with Crippen LogP contribution in [0.2, 0.25) is 5.02 Å².